The first-order chi connectivity index (χ1) is 22.0. The number of nitrogens with one attached hydrogen (secondary N) is 2. The Morgan fingerprint density at radius 2 is 1.76 bits per heavy atom. The molecule has 2 aromatic rings. The van der Waals surface area contributed by atoms with Crippen LogP contribution in [0.5, 0.6) is 5.75 Å². The standard InChI is InChI=1S/C32H38N4O4S.2C2H6/c1-32(38)25-12-5-6-13-27(25)40-28(23-9-3-2-4-10-23)29(32)39-20-8-15-35-16-18-36(19-17-35)31(37)26-22-41-30(34-26)24-11-7-14-33-21-24;2*1-2/h2-7,9-13,21,26,30,33-34,38H,8,14-20,22H2,1H3;2*1-2H3/t26-,30?,32?;;/m0../s1. The lowest BCUT2D eigenvalue weighted by Gasteiger charge is -2.36. The summed E-state index contributed by atoms with van der Waals surface area (Å²) in [5.41, 5.74) is 1.45. The van der Waals surface area contributed by atoms with Crippen LogP contribution in [0, 0.1) is 0 Å². The van der Waals surface area contributed by atoms with Gasteiger partial charge in [0.25, 0.3) is 0 Å². The van der Waals surface area contributed by atoms with Crippen LogP contribution in [0.3, 0.4) is 0 Å². The number of aliphatic hydroxyl groups is 1. The molecule has 8 nitrogen and oxygen atoms in total. The van der Waals surface area contributed by atoms with Crippen molar-refractivity contribution in [2.75, 3.05) is 51.6 Å². The van der Waals surface area contributed by atoms with Gasteiger partial charge < -0.3 is 24.8 Å². The molecule has 1 amide bonds. The van der Waals surface area contributed by atoms with Gasteiger partial charge in [0.05, 0.1) is 18.0 Å². The van der Waals surface area contributed by atoms with E-state index in [1.54, 1.807) is 18.7 Å². The van der Waals surface area contributed by atoms with Gasteiger partial charge in [-0.15, -0.1) is 11.8 Å². The number of piperazine rings is 1. The van der Waals surface area contributed by atoms with Gasteiger partial charge in [0.2, 0.25) is 5.91 Å². The lowest BCUT2D eigenvalue weighted by molar-refractivity contribution is -0.134. The molecule has 6 rings (SSSR count). The van der Waals surface area contributed by atoms with E-state index in [-0.39, 0.29) is 17.3 Å². The number of rotatable bonds is 8. The van der Waals surface area contributed by atoms with E-state index in [2.05, 4.69) is 27.7 Å². The van der Waals surface area contributed by atoms with E-state index in [0.717, 1.165) is 57.0 Å². The molecule has 0 saturated carbocycles. The Labute approximate surface area is 273 Å². The van der Waals surface area contributed by atoms with Crippen molar-refractivity contribution >= 4 is 23.4 Å². The number of fused-ring (bicyclic) bond motifs is 1. The molecule has 4 heterocycles. The van der Waals surface area contributed by atoms with Gasteiger partial charge in [-0.05, 0) is 25.0 Å². The molecule has 2 saturated heterocycles. The average molecular weight is 635 g/mol. The molecule has 45 heavy (non-hydrogen) atoms. The summed E-state index contributed by atoms with van der Waals surface area (Å²) >= 11 is 1.80. The van der Waals surface area contributed by atoms with Crippen molar-refractivity contribution in [3.05, 3.63) is 95.4 Å². The number of hydrogen-bond acceptors (Lipinski definition) is 8. The Morgan fingerprint density at radius 3 is 2.47 bits per heavy atom. The summed E-state index contributed by atoms with van der Waals surface area (Å²) in [5, 5.41) is 18.5. The lowest BCUT2D eigenvalue weighted by atomic mass is 9.89. The number of nitrogens with zero attached hydrogens (tertiary/aromatic N) is 2. The number of dihydropyridines is 1. The molecule has 0 radical (unpaired) electrons. The average Bonchev–Trinajstić information content (AvgIpc) is 3.60. The molecule has 4 aliphatic rings. The molecule has 0 aromatic heterocycles. The summed E-state index contributed by atoms with van der Waals surface area (Å²) < 4.78 is 12.6. The number of carbonyl (C=O) groups is 1. The van der Waals surface area contributed by atoms with Gasteiger partial charge in [-0.1, -0.05) is 88.4 Å². The monoisotopic (exact) mass is 634 g/mol. The summed E-state index contributed by atoms with van der Waals surface area (Å²) in [7, 11) is 0. The highest BCUT2D eigenvalue weighted by Gasteiger charge is 2.41. The Kier molecular flexibility index (Phi) is 13.0. The van der Waals surface area contributed by atoms with Crippen molar-refractivity contribution in [2.45, 2.75) is 58.1 Å². The highest BCUT2D eigenvalue weighted by atomic mass is 32.2. The second-order valence-corrected chi connectivity index (χ2v) is 12.1. The van der Waals surface area contributed by atoms with E-state index in [0.29, 0.717) is 29.4 Å². The predicted molar refractivity (Wildman–Crippen MR) is 185 cm³/mol. The summed E-state index contributed by atoms with van der Waals surface area (Å²) in [6, 6.07) is 17.2. The zero-order chi connectivity index (χ0) is 32.2. The van der Waals surface area contributed by atoms with Gasteiger partial charge >= 0.3 is 0 Å². The van der Waals surface area contributed by atoms with E-state index < -0.39 is 5.60 Å². The normalized spacial score (nSPS) is 24.1. The quantitative estimate of drug-likeness (QED) is 0.336. The first kappa shape index (κ1) is 34.6. The van der Waals surface area contributed by atoms with E-state index in [1.165, 1.54) is 5.57 Å². The predicted octanol–water partition coefficient (Wildman–Crippen LogP) is 5.33. The van der Waals surface area contributed by atoms with Crippen molar-refractivity contribution in [2.24, 2.45) is 0 Å². The smallest absolute Gasteiger partial charge is 0.240 e. The van der Waals surface area contributed by atoms with Crippen LogP contribution in [0.4, 0.5) is 0 Å². The number of hydrogen-bond donors (Lipinski definition) is 3. The van der Waals surface area contributed by atoms with Crippen LogP contribution in [0.1, 0.15) is 52.2 Å². The molecule has 4 aliphatic heterocycles. The number of carbonyl (C=O) groups excluding carboxylic acids is 1. The third-order valence-electron chi connectivity index (χ3n) is 8.05. The zero-order valence-corrected chi connectivity index (χ0v) is 28.2. The highest BCUT2D eigenvalue weighted by Crippen LogP contribution is 2.45. The molecule has 9 heteroatoms. The number of ether oxygens (including phenoxy) is 2. The molecular weight excluding hydrogens is 584 g/mol. The number of para-hydroxylation sites is 1. The SMILES string of the molecule is CC.CC.CC1(O)C(OCCCN2CCN(C(=O)[C@@H]3CSC(C4=CNCC=C4)N3)CC2)=C(c2ccccc2)Oc2ccccc21. The number of benzene rings is 2. The molecule has 0 spiro atoms. The maximum Gasteiger partial charge on any atom is 0.240 e. The Hall–Kier alpha value is -3.24. The van der Waals surface area contributed by atoms with Crippen molar-refractivity contribution in [1.82, 2.24) is 20.4 Å². The summed E-state index contributed by atoms with van der Waals surface area (Å²) in [6.07, 6.45) is 7.09. The molecule has 0 aliphatic carbocycles. The Bertz CT molecular complexity index is 1340. The van der Waals surface area contributed by atoms with Gasteiger partial charge in [-0.2, -0.15) is 0 Å². The number of thioether (sulfide) groups is 1. The fourth-order valence-corrected chi connectivity index (χ4v) is 7.00. The van der Waals surface area contributed by atoms with Crippen molar-refractivity contribution in [3.8, 4) is 5.75 Å². The fourth-order valence-electron chi connectivity index (χ4n) is 5.78. The third-order valence-corrected chi connectivity index (χ3v) is 9.32. The largest absolute Gasteiger partial charge is 0.491 e. The summed E-state index contributed by atoms with van der Waals surface area (Å²) in [5.74, 6) is 2.63. The van der Waals surface area contributed by atoms with Crippen molar-refractivity contribution in [3.63, 3.8) is 0 Å². The first-order valence-electron chi connectivity index (χ1n) is 16.4. The van der Waals surface area contributed by atoms with Gasteiger partial charge in [0, 0.05) is 62.3 Å². The van der Waals surface area contributed by atoms with Crippen LogP contribution in [-0.2, 0) is 15.1 Å². The number of amides is 1. The van der Waals surface area contributed by atoms with Crippen LogP contribution in [0.25, 0.3) is 5.76 Å². The zero-order valence-electron chi connectivity index (χ0n) is 27.4. The second-order valence-electron chi connectivity index (χ2n) is 11.0. The van der Waals surface area contributed by atoms with Gasteiger partial charge in [0.1, 0.15) is 5.75 Å². The third kappa shape index (κ3) is 8.33. The molecule has 0 bridgehead atoms. The summed E-state index contributed by atoms with van der Waals surface area (Å²) in [4.78, 5) is 17.6. The van der Waals surface area contributed by atoms with E-state index in [1.807, 2.05) is 93.4 Å². The minimum Gasteiger partial charge on any atom is -0.491 e. The molecule has 244 valence electrons. The fraction of sp³-hybridized carbons (Fsp3) is 0.472. The molecule has 2 unspecified atom stereocenters. The maximum absolute atomic E-state index is 13.2. The van der Waals surface area contributed by atoms with Crippen molar-refractivity contribution < 1.29 is 19.4 Å². The van der Waals surface area contributed by atoms with Gasteiger partial charge in [-0.3, -0.25) is 15.0 Å². The molecule has 3 N–H and O–H groups in total. The lowest BCUT2D eigenvalue weighted by Crippen LogP contribution is -2.54. The van der Waals surface area contributed by atoms with Crippen LogP contribution < -0.4 is 15.4 Å². The minimum absolute atomic E-state index is 0.135. The topological polar surface area (TPSA) is 86.3 Å². The minimum atomic E-state index is -1.31. The van der Waals surface area contributed by atoms with Crippen LogP contribution in [0.15, 0.2) is 84.3 Å². The van der Waals surface area contributed by atoms with E-state index >= 15 is 0 Å². The van der Waals surface area contributed by atoms with Crippen LogP contribution >= 0.6 is 11.8 Å². The van der Waals surface area contributed by atoms with Gasteiger partial charge in [0.15, 0.2) is 17.1 Å². The van der Waals surface area contributed by atoms with E-state index in [9.17, 15) is 9.90 Å². The Balaban J connectivity index is 0.00000111. The van der Waals surface area contributed by atoms with Crippen molar-refractivity contribution in [1.29, 1.82) is 0 Å². The summed E-state index contributed by atoms with van der Waals surface area (Å²) in [6.45, 7) is 15.1. The molecular formula is C36H50N4O4S. The molecule has 3 atom stereocenters. The van der Waals surface area contributed by atoms with Crippen LogP contribution in [-0.4, -0.2) is 83.9 Å². The Morgan fingerprint density at radius 1 is 1.04 bits per heavy atom. The van der Waals surface area contributed by atoms with Crippen LogP contribution in [0.2, 0.25) is 0 Å². The first-order valence-corrected chi connectivity index (χ1v) is 17.5. The maximum atomic E-state index is 13.2. The molecule has 2 fully saturated rings. The van der Waals surface area contributed by atoms with Gasteiger partial charge in [-0.25, -0.2) is 0 Å². The molecule has 2 aromatic carbocycles. The highest BCUT2D eigenvalue weighted by molar-refractivity contribution is 8.00. The second kappa shape index (κ2) is 16.9. The van der Waals surface area contributed by atoms with E-state index in [4.69, 9.17) is 9.47 Å².